The van der Waals surface area contributed by atoms with Gasteiger partial charge in [-0.15, -0.1) is 0 Å². The molecule has 0 amide bonds. The van der Waals surface area contributed by atoms with Gasteiger partial charge in [0.1, 0.15) is 6.33 Å². The largest absolute Gasteiger partial charge is 1.00 e. The number of fused-ring (bicyclic) bond motifs is 1. The van der Waals surface area contributed by atoms with Crippen LogP contribution in [0, 0.1) is 6.92 Å². The van der Waals surface area contributed by atoms with Crippen molar-refractivity contribution >= 4 is 26.0 Å². The number of rotatable bonds is 0. The summed E-state index contributed by atoms with van der Waals surface area (Å²) in [4.78, 5) is 19.0. The average molecular weight is 288 g/mol. The van der Waals surface area contributed by atoms with Crippen LogP contribution in [-0.4, -0.2) is 32.9 Å². The van der Waals surface area contributed by atoms with Crippen molar-refractivity contribution in [2.75, 3.05) is 0 Å². The van der Waals surface area contributed by atoms with E-state index in [-0.39, 0.29) is 36.5 Å². The monoisotopic (exact) mass is 288 g/mol. The molecule has 2 heterocycles. The zero-order valence-corrected chi connectivity index (χ0v) is 12.7. The second-order valence-corrected chi connectivity index (χ2v) is 4.90. The molecule has 2 rings (SSSR count). The van der Waals surface area contributed by atoms with Gasteiger partial charge in [0.2, 0.25) is 0 Å². The van der Waals surface area contributed by atoms with Crippen LogP contribution < -0.4 is 35.1 Å². The van der Waals surface area contributed by atoms with Gasteiger partial charge < -0.3 is 1.43 Å². The third kappa shape index (κ3) is 6.21. The number of hydrogen-bond donors (Lipinski definition) is 3. The van der Waals surface area contributed by atoms with Crippen LogP contribution in [0.2, 0.25) is 0 Å². The summed E-state index contributed by atoms with van der Waals surface area (Å²) in [5.74, 6) is 0.412. The molecule has 17 heavy (non-hydrogen) atoms. The minimum atomic E-state index is -3.83. The van der Waals surface area contributed by atoms with Crippen molar-refractivity contribution in [1.29, 1.82) is 0 Å². The number of hydrogen-bond acceptors (Lipinski definition) is 5. The molecular weight excluding hydrogens is 279 g/mol. The first-order valence-corrected chi connectivity index (χ1v) is 6.27. The number of nitrogens with one attached hydrogen (secondary N) is 1. The van der Waals surface area contributed by atoms with Gasteiger partial charge in [0.15, 0.2) is 0 Å². The molecule has 90 valence electrons. The van der Waals surface area contributed by atoms with Gasteiger partial charge in [0, 0.05) is 22.9 Å². The number of H-pyrrole nitrogens is 1. The van der Waals surface area contributed by atoms with Crippen molar-refractivity contribution in [2.24, 2.45) is 0 Å². The van der Waals surface area contributed by atoms with Crippen LogP contribution in [0.25, 0.3) is 5.78 Å². The molecule has 0 spiro atoms. The van der Waals surface area contributed by atoms with Crippen LogP contribution >= 0.6 is 0 Å². The van der Waals surface area contributed by atoms with Crippen molar-refractivity contribution in [1.82, 2.24) is 19.6 Å². The molecule has 0 unspecified atom stereocenters. The average Bonchev–Trinajstić information content (AvgIpc) is 2.47. The van der Waals surface area contributed by atoms with E-state index in [0.717, 1.165) is 0 Å². The quantitative estimate of drug-likeness (QED) is 0.430. The van der Waals surface area contributed by atoms with Gasteiger partial charge in [-0.3, -0.25) is 19.0 Å². The van der Waals surface area contributed by atoms with Gasteiger partial charge in [-0.05, 0) is 6.92 Å². The topological polar surface area (TPSA) is 121 Å². The Morgan fingerprint density at radius 2 is 2.12 bits per heavy atom. The molecule has 0 saturated carbocycles. The fourth-order valence-corrected chi connectivity index (χ4v) is 0.934. The minimum absolute atomic E-state index is 0. The molecule has 2 aromatic heterocycles. The van der Waals surface area contributed by atoms with Crippen molar-refractivity contribution in [3.63, 3.8) is 0 Å². The molecule has 3 N–H and O–H groups in total. The predicted octanol–water partition coefficient (Wildman–Crippen LogP) is -3.48. The third-order valence-corrected chi connectivity index (χ3v) is 1.40. The van der Waals surface area contributed by atoms with Crippen LogP contribution in [0.4, 0.5) is 0 Å². The summed E-state index contributed by atoms with van der Waals surface area (Å²) >= 11 is 3.47. The molecule has 8 nitrogen and oxygen atoms in total. The SMILES string of the molecule is Cc1cc(=O)n2[nH]cnc2n1.O=S(O)(O)=S.[H-].[Na+]. The second-order valence-electron chi connectivity index (χ2n) is 2.71. The van der Waals surface area contributed by atoms with Crippen LogP contribution in [0.15, 0.2) is 17.2 Å². The summed E-state index contributed by atoms with van der Waals surface area (Å²) in [7, 11) is -3.83. The molecule has 11 heteroatoms. The summed E-state index contributed by atoms with van der Waals surface area (Å²) in [6.45, 7) is 1.76. The molecule has 0 atom stereocenters. The third-order valence-electron chi connectivity index (χ3n) is 1.40. The molecule has 0 fully saturated rings. The van der Waals surface area contributed by atoms with Crippen molar-refractivity contribution in [3.8, 4) is 0 Å². The molecule has 2 aromatic rings. The van der Waals surface area contributed by atoms with Gasteiger partial charge in [-0.2, -0.15) is 8.72 Å². The van der Waals surface area contributed by atoms with E-state index in [1.165, 1.54) is 16.9 Å². The van der Waals surface area contributed by atoms with E-state index in [9.17, 15) is 4.79 Å². The van der Waals surface area contributed by atoms with E-state index in [4.69, 9.17) is 13.3 Å². The Balaban J connectivity index is 0. The summed E-state index contributed by atoms with van der Waals surface area (Å²) in [5, 5.41) is 2.65. The Hall–Kier alpha value is -0.360. The van der Waals surface area contributed by atoms with Gasteiger partial charge in [-0.25, -0.2) is 9.97 Å². The Morgan fingerprint density at radius 1 is 1.59 bits per heavy atom. The number of aromatic amines is 1. The van der Waals surface area contributed by atoms with Crippen molar-refractivity contribution in [2.45, 2.75) is 6.92 Å². The first kappa shape index (κ1) is 16.6. The van der Waals surface area contributed by atoms with E-state index in [1.54, 1.807) is 6.92 Å². The zero-order chi connectivity index (χ0) is 12.3. The zero-order valence-electron chi connectivity index (χ0n) is 10.0. The second kappa shape index (κ2) is 6.54. The predicted molar refractivity (Wildman–Crippen MR) is 60.2 cm³/mol. The maximum absolute atomic E-state index is 11.1. The van der Waals surface area contributed by atoms with E-state index in [2.05, 4.69) is 26.3 Å². The van der Waals surface area contributed by atoms with Crippen molar-refractivity contribution < 1.29 is 44.3 Å². The molecule has 0 aromatic carbocycles. The van der Waals surface area contributed by atoms with E-state index >= 15 is 0 Å². The number of nitrogens with zero attached hydrogens (tertiary/aromatic N) is 3. The molecule has 0 radical (unpaired) electrons. The van der Waals surface area contributed by atoms with E-state index < -0.39 is 9.05 Å². The van der Waals surface area contributed by atoms with Crippen LogP contribution in [0.1, 0.15) is 7.12 Å². The Labute approximate surface area is 125 Å². The normalized spacial score (nSPS) is 10.3. The van der Waals surface area contributed by atoms with E-state index in [1.807, 2.05) is 0 Å². The maximum Gasteiger partial charge on any atom is 1.00 e. The molecule has 0 aliphatic rings. The standard InChI is InChI=1S/C6H6N4O.Na.H2O3S2.H/c1-4-2-5(11)10-6(9-4)7-3-8-10;;1-5(2,3)4;/h2-3H,1H3,(H,7,8,9);;(H2,1,2,3,4);/q;+1;;-1. The molecule has 0 aliphatic carbocycles. The summed E-state index contributed by atoms with van der Waals surface area (Å²) in [6.07, 6.45) is 1.43. The van der Waals surface area contributed by atoms with Crippen LogP contribution in [0.5, 0.6) is 0 Å². The molecule has 0 saturated heterocycles. The fourth-order valence-electron chi connectivity index (χ4n) is 0.934. The first-order chi connectivity index (χ1) is 7.27. The first-order valence-electron chi connectivity index (χ1n) is 3.87. The van der Waals surface area contributed by atoms with Gasteiger partial charge >= 0.3 is 29.6 Å². The Morgan fingerprint density at radius 3 is 2.65 bits per heavy atom. The Bertz CT molecular complexity index is 647. The fraction of sp³-hybridized carbons (Fsp3) is 0.167. The Kier molecular flexibility index (Phi) is 6.40. The van der Waals surface area contributed by atoms with Gasteiger partial charge in [0.05, 0.1) is 0 Å². The molecule has 0 aliphatic heterocycles. The smallest absolute Gasteiger partial charge is 1.00 e. The molecular formula is C6H9N4NaO4S2. The number of aryl methyl sites for hydroxylation is 1. The number of aromatic nitrogens is 4. The van der Waals surface area contributed by atoms with E-state index in [0.29, 0.717) is 11.5 Å². The molecule has 0 bridgehead atoms. The summed E-state index contributed by atoms with van der Waals surface area (Å²) in [6, 6.07) is 1.45. The van der Waals surface area contributed by atoms with Gasteiger partial charge in [-0.1, -0.05) is 0 Å². The minimum Gasteiger partial charge on any atom is -1.00 e. The van der Waals surface area contributed by atoms with Gasteiger partial charge in [0.25, 0.3) is 20.4 Å². The van der Waals surface area contributed by atoms with Crippen LogP contribution in [0.3, 0.4) is 0 Å². The summed E-state index contributed by atoms with van der Waals surface area (Å²) < 4.78 is 25.2. The van der Waals surface area contributed by atoms with Crippen molar-refractivity contribution in [3.05, 3.63) is 28.4 Å². The maximum atomic E-state index is 11.1. The summed E-state index contributed by atoms with van der Waals surface area (Å²) in [5.41, 5.74) is 0.548. The van der Waals surface area contributed by atoms with Crippen LogP contribution in [-0.2, 0) is 20.2 Å².